The highest BCUT2D eigenvalue weighted by atomic mass is 35.5. The monoisotopic (exact) mass is 397 g/mol. The SMILES string of the molecule is O=C(NCc1ccc(Cl)cc1)N1CC(n2cc(COc3ccccc3)nn2)C1. The van der Waals surface area contributed by atoms with Crippen LogP contribution in [0.2, 0.25) is 5.02 Å². The van der Waals surface area contributed by atoms with E-state index in [1.807, 2.05) is 60.8 Å². The van der Waals surface area contributed by atoms with Crippen LogP contribution in [0.25, 0.3) is 0 Å². The van der Waals surface area contributed by atoms with Crippen LogP contribution in [0.15, 0.2) is 60.8 Å². The first-order valence-electron chi connectivity index (χ1n) is 9.03. The van der Waals surface area contributed by atoms with Gasteiger partial charge in [-0.3, -0.25) is 0 Å². The van der Waals surface area contributed by atoms with E-state index in [4.69, 9.17) is 16.3 Å². The number of nitrogens with zero attached hydrogens (tertiary/aromatic N) is 4. The molecule has 1 aromatic heterocycles. The predicted molar refractivity (Wildman–Crippen MR) is 105 cm³/mol. The van der Waals surface area contributed by atoms with Crippen LogP contribution in [-0.4, -0.2) is 39.0 Å². The number of amides is 2. The third-order valence-electron chi connectivity index (χ3n) is 4.57. The van der Waals surface area contributed by atoms with Crippen LogP contribution in [0, 0.1) is 0 Å². The topological polar surface area (TPSA) is 72.3 Å². The smallest absolute Gasteiger partial charge is 0.317 e. The molecule has 144 valence electrons. The Kier molecular flexibility index (Phi) is 5.43. The maximum absolute atomic E-state index is 12.2. The molecule has 0 radical (unpaired) electrons. The van der Waals surface area contributed by atoms with E-state index in [0.717, 1.165) is 17.0 Å². The standard InChI is InChI=1S/C20H20ClN5O2/c21-16-8-6-15(7-9-16)10-22-20(27)25-12-18(13-25)26-11-17(23-24-26)14-28-19-4-2-1-3-5-19/h1-9,11,18H,10,12-14H2,(H,22,27). The molecule has 1 aliphatic heterocycles. The number of ether oxygens (including phenoxy) is 1. The van der Waals surface area contributed by atoms with E-state index < -0.39 is 0 Å². The van der Waals surface area contributed by atoms with Gasteiger partial charge < -0.3 is 15.0 Å². The van der Waals surface area contributed by atoms with Crippen LogP contribution in [0.3, 0.4) is 0 Å². The van der Waals surface area contributed by atoms with E-state index in [9.17, 15) is 4.79 Å². The third kappa shape index (κ3) is 4.43. The van der Waals surface area contributed by atoms with Gasteiger partial charge in [-0.2, -0.15) is 0 Å². The second-order valence-electron chi connectivity index (χ2n) is 6.64. The first-order chi connectivity index (χ1) is 13.7. The van der Waals surface area contributed by atoms with Gasteiger partial charge in [0.15, 0.2) is 0 Å². The van der Waals surface area contributed by atoms with Gasteiger partial charge in [-0.15, -0.1) is 5.10 Å². The fraction of sp³-hybridized carbons (Fsp3) is 0.250. The van der Waals surface area contributed by atoms with Crippen LogP contribution < -0.4 is 10.1 Å². The molecule has 1 N–H and O–H groups in total. The molecule has 28 heavy (non-hydrogen) atoms. The fourth-order valence-corrected chi connectivity index (χ4v) is 3.04. The average Bonchev–Trinajstić information content (AvgIpc) is 3.14. The Bertz CT molecular complexity index is 923. The highest BCUT2D eigenvalue weighted by molar-refractivity contribution is 6.30. The van der Waals surface area contributed by atoms with Crippen molar-refractivity contribution in [3.8, 4) is 5.75 Å². The van der Waals surface area contributed by atoms with E-state index in [0.29, 0.717) is 31.3 Å². The average molecular weight is 398 g/mol. The number of nitrogens with one attached hydrogen (secondary N) is 1. The molecule has 3 aromatic rings. The molecular weight excluding hydrogens is 378 g/mol. The molecular formula is C20H20ClN5O2. The van der Waals surface area contributed by atoms with Gasteiger partial charge in [0, 0.05) is 24.7 Å². The summed E-state index contributed by atoms with van der Waals surface area (Å²) in [6.07, 6.45) is 1.87. The molecule has 4 rings (SSSR count). The second-order valence-corrected chi connectivity index (χ2v) is 7.07. The molecule has 2 amide bonds. The second kappa shape index (κ2) is 8.31. The molecule has 0 saturated carbocycles. The van der Waals surface area contributed by atoms with Gasteiger partial charge in [0.1, 0.15) is 18.1 Å². The van der Waals surface area contributed by atoms with Crippen molar-refractivity contribution in [2.24, 2.45) is 0 Å². The van der Waals surface area contributed by atoms with Crippen molar-refractivity contribution in [2.45, 2.75) is 19.2 Å². The van der Waals surface area contributed by atoms with Gasteiger partial charge in [0.05, 0.1) is 12.2 Å². The molecule has 1 aliphatic rings. The van der Waals surface area contributed by atoms with Gasteiger partial charge in [0.25, 0.3) is 0 Å². The lowest BCUT2D eigenvalue weighted by molar-refractivity contribution is 0.117. The normalized spacial score (nSPS) is 13.8. The Morgan fingerprint density at radius 3 is 2.64 bits per heavy atom. The Hall–Kier alpha value is -3.06. The molecule has 0 unspecified atom stereocenters. The van der Waals surface area contributed by atoms with E-state index in [1.165, 1.54) is 0 Å². The summed E-state index contributed by atoms with van der Waals surface area (Å²) in [6, 6.07) is 17.1. The summed E-state index contributed by atoms with van der Waals surface area (Å²) in [5.74, 6) is 0.796. The summed E-state index contributed by atoms with van der Waals surface area (Å²) in [5.41, 5.74) is 1.77. The quantitative estimate of drug-likeness (QED) is 0.692. The molecule has 2 aromatic carbocycles. The lowest BCUT2D eigenvalue weighted by Crippen LogP contribution is -2.54. The van der Waals surface area contributed by atoms with Crippen LogP contribution in [0.5, 0.6) is 5.75 Å². The van der Waals surface area contributed by atoms with E-state index in [2.05, 4.69) is 15.6 Å². The summed E-state index contributed by atoms with van der Waals surface area (Å²) in [4.78, 5) is 14.0. The summed E-state index contributed by atoms with van der Waals surface area (Å²) in [6.45, 7) is 2.05. The summed E-state index contributed by atoms with van der Waals surface area (Å²) >= 11 is 5.87. The van der Waals surface area contributed by atoms with Gasteiger partial charge in [0.2, 0.25) is 0 Å². The number of halogens is 1. The molecule has 0 bridgehead atoms. The molecule has 0 spiro atoms. The number of carbonyl (C=O) groups excluding carboxylic acids is 1. The van der Waals surface area contributed by atoms with Crippen molar-refractivity contribution >= 4 is 17.6 Å². The van der Waals surface area contributed by atoms with Crippen LogP contribution in [0.4, 0.5) is 4.79 Å². The van der Waals surface area contributed by atoms with Crippen LogP contribution in [0.1, 0.15) is 17.3 Å². The number of hydrogen-bond donors (Lipinski definition) is 1. The first kappa shape index (κ1) is 18.3. The van der Waals surface area contributed by atoms with Gasteiger partial charge in [-0.25, -0.2) is 9.48 Å². The molecule has 7 nitrogen and oxygen atoms in total. The van der Waals surface area contributed by atoms with Crippen molar-refractivity contribution in [1.82, 2.24) is 25.2 Å². The lowest BCUT2D eigenvalue weighted by Gasteiger charge is -2.38. The Labute approximate surface area is 167 Å². The van der Waals surface area contributed by atoms with Gasteiger partial charge >= 0.3 is 6.03 Å². The first-order valence-corrected chi connectivity index (χ1v) is 9.41. The van der Waals surface area contributed by atoms with Crippen molar-refractivity contribution in [3.05, 3.63) is 77.1 Å². The lowest BCUT2D eigenvalue weighted by atomic mass is 10.1. The molecule has 1 saturated heterocycles. The largest absolute Gasteiger partial charge is 0.487 e. The zero-order valence-electron chi connectivity index (χ0n) is 15.2. The zero-order valence-corrected chi connectivity index (χ0v) is 15.9. The molecule has 0 aliphatic carbocycles. The van der Waals surface area contributed by atoms with Crippen molar-refractivity contribution in [2.75, 3.05) is 13.1 Å². The Balaban J connectivity index is 1.22. The minimum absolute atomic E-state index is 0.0843. The Morgan fingerprint density at radius 2 is 1.89 bits per heavy atom. The number of aromatic nitrogens is 3. The highest BCUT2D eigenvalue weighted by Gasteiger charge is 2.32. The number of benzene rings is 2. The summed E-state index contributed by atoms with van der Waals surface area (Å²) in [5, 5.41) is 11.9. The minimum Gasteiger partial charge on any atom is -0.487 e. The van der Waals surface area contributed by atoms with Gasteiger partial charge in [-0.1, -0.05) is 47.1 Å². The number of hydrogen-bond acceptors (Lipinski definition) is 4. The number of likely N-dealkylation sites (tertiary alicyclic amines) is 1. The third-order valence-corrected chi connectivity index (χ3v) is 4.82. The van der Waals surface area contributed by atoms with Crippen molar-refractivity contribution in [1.29, 1.82) is 0 Å². The zero-order chi connectivity index (χ0) is 19.3. The number of para-hydroxylation sites is 1. The summed E-state index contributed by atoms with van der Waals surface area (Å²) < 4.78 is 7.48. The predicted octanol–water partition coefficient (Wildman–Crippen LogP) is 3.28. The number of urea groups is 1. The van der Waals surface area contributed by atoms with E-state index in [1.54, 1.807) is 9.58 Å². The molecule has 8 heteroatoms. The fourth-order valence-electron chi connectivity index (χ4n) is 2.91. The van der Waals surface area contributed by atoms with Crippen molar-refractivity contribution in [3.63, 3.8) is 0 Å². The van der Waals surface area contributed by atoms with E-state index in [-0.39, 0.29) is 12.1 Å². The van der Waals surface area contributed by atoms with Crippen LogP contribution in [-0.2, 0) is 13.2 Å². The summed E-state index contributed by atoms with van der Waals surface area (Å²) in [7, 11) is 0. The molecule has 0 atom stereocenters. The molecule has 2 heterocycles. The number of rotatable bonds is 6. The molecule has 1 fully saturated rings. The van der Waals surface area contributed by atoms with Crippen molar-refractivity contribution < 1.29 is 9.53 Å². The minimum atomic E-state index is -0.0843. The highest BCUT2D eigenvalue weighted by Crippen LogP contribution is 2.21. The van der Waals surface area contributed by atoms with Gasteiger partial charge in [-0.05, 0) is 29.8 Å². The van der Waals surface area contributed by atoms with Crippen LogP contribution >= 0.6 is 11.6 Å². The maximum Gasteiger partial charge on any atom is 0.317 e. The Morgan fingerprint density at radius 1 is 1.14 bits per heavy atom. The number of carbonyl (C=O) groups is 1. The maximum atomic E-state index is 12.2. The van der Waals surface area contributed by atoms with E-state index >= 15 is 0 Å².